The molecule has 5 unspecified atom stereocenters. The molecule has 0 rings (SSSR count). The lowest BCUT2D eigenvalue weighted by atomic mass is 10.0. The Morgan fingerprint density at radius 3 is 0.761 bits per heavy atom. The normalized spacial score (nSPS) is 14.8. The van der Waals surface area contributed by atoms with Gasteiger partial charge in [-0.25, -0.2) is 9.13 Å². The summed E-state index contributed by atoms with van der Waals surface area (Å²) >= 11 is 0. The van der Waals surface area contributed by atoms with Crippen molar-refractivity contribution in [2.45, 2.75) is 347 Å². The number of carbonyl (C=O) groups is 3. The van der Waals surface area contributed by atoms with Gasteiger partial charge in [-0.05, 0) is 167 Å². The van der Waals surface area contributed by atoms with E-state index in [-0.39, 0.29) is 19.3 Å². The molecule has 0 aliphatic carbocycles. The molecule has 0 aromatic rings. The third kappa shape index (κ3) is 87.1. The number of rotatable bonds is 81. The van der Waals surface area contributed by atoms with Crippen molar-refractivity contribution in [3.05, 3.63) is 194 Å². The Morgan fingerprint density at radius 2 is 0.469 bits per heavy atom. The highest BCUT2D eigenvalue weighted by Gasteiger charge is 2.29. The summed E-state index contributed by atoms with van der Waals surface area (Å²) in [5, 5.41) is 20.7. The van der Waals surface area contributed by atoms with Crippen molar-refractivity contribution in [3.8, 4) is 0 Å². The number of phosphoric ester groups is 2. The van der Waals surface area contributed by atoms with Crippen molar-refractivity contribution < 1.29 is 75.8 Å². The Morgan fingerprint density at radius 1 is 0.257 bits per heavy atom. The molecule has 0 saturated heterocycles. The molecule has 0 amide bonds. The number of phosphoric acid groups is 2. The van der Waals surface area contributed by atoms with Crippen LogP contribution in [0, 0.1) is 0 Å². The molecule has 0 aromatic heterocycles. The molecule has 0 aromatic carbocycles. The van der Waals surface area contributed by atoms with Crippen molar-refractivity contribution in [1.29, 1.82) is 0 Å². The van der Waals surface area contributed by atoms with E-state index < -0.39 is 91.5 Å². The van der Waals surface area contributed by atoms with Gasteiger partial charge in [0.2, 0.25) is 0 Å². The van der Waals surface area contributed by atoms with Gasteiger partial charge in [0.1, 0.15) is 25.4 Å². The van der Waals surface area contributed by atoms with Gasteiger partial charge in [0, 0.05) is 19.3 Å². The van der Waals surface area contributed by atoms with Gasteiger partial charge < -0.3 is 34.2 Å². The Labute approximate surface area is 687 Å². The van der Waals surface area contributed by atoms with Crippen molar-refractivity contribution >= 4 is 33.6 Å². The SMILES string of the molecule is CC/C=C\C/C=C\C/C=C\C/C=C\C/C=C\C/C=C\CCCCCCC(=O)OCC(COP(=O)(O)OCC(O)COP(=O)(O)OCC(O)COC(=O)CCCCCCCCCCCCCCCCCCC/C=C\C/C=C\C/C=C\C/C=C\CCCCC)OC(=O)CCCC/C=C\C/C=C\C/C=C\C/C=C\C/C=C\C/C=C\CC. The Balaban J connectivity index is 4.62. The van der Waals surface area contributed by atoms with Gasteiger partial charge in [-0.1, -0.05) is 337 Å². The van der Waals surface area contributed by atoms with Crippen LogP contribution >= 0.6 is 15.6 Å². The predicted octanol–water partition coefficient (Wildman–Crippen LogP) is 26.7. The largest absolute Gasteiger partial charge is 0.472 e. The number of hydrogen-bond donors (Lipinski definition) is 4. The molecule has 0 radical (unpaired) electrons. The lowest BCUT2D eigenvalue weighted by Crippen LogP contribution is -2.30. The van der Waals surface area contributed by atoms with Crippen LogP contribution in [0.3, 0.4) is 0 Å². The van der Waals surface area contributed by atoms with Crippen molar-refractivity contribution in [1.82, 2.24) is 0 Å². The van der Waals surface area contributed by atoms with E-state index in [4.69, 9.17) is 32.3 Å². The number of unbranched alkanes of at least 4 members (excludes halogenated alkanes) is 26. The zero-order chi connectivity index (χ0) is 82.2. The highest BCUT2D eigenvalue weighted by atomic mass is 31.2. The number of allylic oxidation sites excluding steroid dienone is 32. The molecule has 0 aliphatic heterocycles. The van der Waals surface area contributed by atoms with E-state index >= 15 is 0 Å². The first-order valence-corrected chi connectivity index (χ1v) is 46.7. The van der Waals surface area contributed by atoms with Gasteiger partial charge in [-0.3, -0.25) is 32.5 Å². The summed E-state index contributed by atoms with van der Waals surface area (Å²) in [5.41, 5.74) is 0. The summed E-state index contributed by atoms with van der Waals surface area (Å²) in [7, 11) is -9.84. The van der Waals surface area contributed by atoms with Crippen LogP contribution < -0.4 is 0 Å². The molecule has 0 fully saturated rings. The quantitative estimate of drug-likeness (QED) is 0.0146. The standard InChI is InChI=1S/C95H156O16P2/c1-4-7-10-13-16-19-22-25-28-31-34-37-39-40-41-42-43-44-45-46-47-48-50-53-54-57-60-63-66-69-72-75-78-81-93(98)105-84-90(96)85-107-112(101,102)108-86-91(97)87-109-113(103,104)110-89-92(111-95(100)83-80-77-74-71-68-65-62-59-56-51-36-33-30-27-24-21-18-15-12-9-6-3)88-106-94(99)82-79-76-73-70-67-64-61-58-55-52-49-38-35-32-29-26-23-20-17-14-11-8-5-2/h8-9,11-12,16-21,25-30,34-38,40-41,51-52,55,59,61-62,64,68,71,90-92,96-97H,4-7,10,13-15,22-24,31-33,39,42-50,53-54,56-58,60,63,65-67,69-70,72-89H2,1-3H3,(H,101,102)(H,103,104)/b11-8-,12-9-,19-16-,20-17-,21-18-,28-25-,29-26-,30-27-,37-34-,38-35-,41-40-,51-36-,55-52-,62-59-,64-61-,71-68-. The van der Waals surface area contributed by atoms with Gasteiger partial charge in [-0.15, -0.1) is 0 Å². The van der Waals surface area contributed by atoms with Crippen LogP contribution in [0.1, 0.15) is 329 Å². The first kappa shape index (κ1) is 107. The third-order valence-electron chi connectivity index (χ3n) is 17.8. The molecule has 16 nitrogen and oxygen atoms in total. The maximum Gasteiger partial charge on any atom is 0.472 e. The van der Waals surface area contributed by atoms with Gasteiger partial charge >= 0.3 is 33.6 Å². The molecular weight excluding hydrogens is 1460 g/mol. The maximum absolute atomic E-state index is 13.0. The van der Waals surface area contributed by atoms with Crippen LogP contribution in [-0.4, -0.2) is 95.9 Å². The first-order chi connectivity index (χ1) is 55.2. The van der Waals surface area contributed by atoms with Gasteiger partial charge in [0.15, 0.2) is 6.10 Å². The fourth-order valence-electron chi connectivity index (χ4n) is 11.2. The monoisotopic (exact) mass is 1620 g/mol. The summed E-state index contributed by atoms with van der Waals surface area (Å²) in [6.45, 7) is 2.34. The van der Waals surface area contributed by atoms with Crippen LogP contribution in [0.5, 0.6) is 0 Å². The molecule has 0 spiro atoms. The van der Waals surface area contributed by atoms with E-state index in [1.54, 1.807) is 0 Å². The Bertz CT molecular complexity index is 2830. The molecule has 4 N–H and O–H groups in total. The summed E-state index contributed by atoms with van der Waals surface area (Å²) in [5.74, 6) is -1.66. The number of hydrogen-bond acceptors (Lipinski definition) is 14. The van der Waals surface area contributed by atoms with E-state index in [1.807, 2.05) is 0 Å². The van der Waals surface area contributed by atoms with E-state index in [0.717, 1.165) is 148 Å². The Kier molecular flexibility index (Phi) is 81.5. The molecule has 5 atom stereocenters. The van der Waals surface area contributed by atoms with Crippen molar-refractivity contribution in [2.75, 3.05) is 39.6 Å². The molecule has 0 heterocycles. The lowest BCUT2D eigenvalue weighted by molar-refractivity contribution is -0.161. The smallest absolute Gasteiger partial charge is 0.463 e. The number of carbonyl (C=O) groups excluding carboxylic acids is 3. The van der Waals surface area contributed by atoms with Crippen LogP contribution in [0.25, 0.3) is 0 Å². The molecule has 0 aliphatic rings. The second kappa shape index (κ2) is 85.8. The molecular formula is C95H156O16P2. The maximum atomic E-state index is 13.0. The lowest BCUT2D eigenvalue weighted by Gasteiger charge is -2.21. The van der Waals surface area contributed by atoms with E-state index in [9.17, 15) is 43.5 Å². The first-order valence-electron chi connectivity index (χ1n) is 43.7. The average Bonchev–Trinajstić information content (AvgIpc) is 0.902. The minimum Gasteiger partial charge on any atom is -0.463 e. The summed E-state index contributed by atoms with van der Waals surface area (Å²) in [6.07, 6.45) is 113. The minimum atomic E-state index is -4.96. The molecule has 642 valence electrons. The second-order valence-corrected chi connectivity index (χ2v) is 31.5. The topological polar surface area (TPSA) is 231 Å². The highest BCUT2D eigenvalue weighted by Crippen LogP contribution is 2.45. The van der Waals surface area contributed by atoms with E-state index in [2.05, 4.69) is 215 Å². The third-order valence-corrected chi connectivity index (χ3v) is 19.7. The molecule has 0 bridgehead atoms. The fourth-order valence-corrected chi connectivity index (χ4v) is 12.8. The average molecular weight is 1620 g/mol. The number of esters is 3. The van der Waals surface area contributed by atoms with Crippen LogP contribution in [0.2, 0.25) is 0 Å². The second-order valence-electron chi connectivity index (χ2n) is 28.6. The van der Waals surface area contributed by atoms with Crippen molar-refractivity contribution in [3.63, 3.8) is 0 Å². The van der Waals surface area contributed by atoms with Crippen LogP contribution in [-0.2, 0) is 55.8 Å². The number of aliphatic hydroxyl groups excluding tert-OH is 2. The van der Waals surface area contributed by atoms with Crippen molar-refractivity contribution in [2.24, 2.45) is 0 Å². The number of aliphatic hydroxyl groups is 2. The molecule has 18 heteroatoms. The fraction of sp³-hybridized carbons (Fsp3) is 0.632. The minimum absolute atomic E-state index is 0.0354. The number of ether oxygens (including phenoxy) is 3. The van der Waals surface area contributed by atoms with Gasteiger partial charge in [-0.2, -0.15) is 0 Å². The predicted molar refractivity (Wildman–Crippen MR) is 472 cm³/mol. The molecule has 113 heavy (non-hydrogen) atoms. The zero-order valence-electron chi connectivity index (χ0n) is 70.5. The summed E-state index contributed by atoms with van der Waals surface area (Å²) < 4.78 is 61.3. The summed E-state index contributed by atoms with van der Waals surface area (Å²) in [6, 6.07) is 0. The van der Waals surface area contributed by atoms with E-state index in [0.29, 0.717) is 25.7 Å². The Hall–Kier alpha value is -5.61. The molecule has 0 saturated carbocycles. The van der Waals surface area contributed by atoms with Crippen LogP contribution in [0.4, 0.5) is 0 Å². The van der Waals surface area contributed by atoms with E-state index in [1.165, 1.54) is 116 Å². The summed E-state index contributed by atoms with van der Waals surface area (Å²) in [4.78, 5) is 58.9. The van der Waals surface area contributed by atoms with Gasteiger partial charge in [0.25, 0.3) is 0 Å². The van der Waals surface area contributed by atoms with Crippen LogP contribution in [0.15, 0.2) is 194 Å². The highest BCUT2D eigenvalue weighted by molar-refractivity contribution is 7.47. The van der Waals surface area contributed by atoms with Gasteiger partial charge in [0.05, 0.1) is 26.4 Å². The zero-order valence-corrected chi connectivity index (χ0v) is 72.3.